The molecular formula is C16H12O5. The molecular weight excluding hydrogens is 272 g/mol. The average molecular weight is 284 g/mol. The minimum absolute atomic E-state index is 0.149. The molecule has 5 heteroatoms. The highest BCUT2D eigenvalue weighted by Crippen LogP contribution is 2.22. The summed E-state index contributed by atoms with van der Waals surface area (Å²) >= 11 is 0. The van der Waals surface area contributed by atoms with Gasteiger partial charge in [-0.1, -0.05) is 30.3 Å². The minimum Gasteiger partial charge on any atom is -0.478 e. The van der Waals surface area contributed by atoms with Crippen molar-refractivity contribution in [3.63, 3.8) is 0 Å². The van der Waals surface area contributed by atoms with E-state index in [9.17, 15) is 19.5 Å². The number of hydrogen-bond donors (Lipinski definition) is 2. The van der Waals surface area contributed by atoms with Crippen molar-refractivity contribution in [1.82, 2.24) is 0 Å². The largest absolute Gasteiger partial charge is 0.478 e. The first-order chi connectivity index (χ1) is 9.93. The van der Waals surface area contributed by atoms with Gasteiger partial charge in [-0.15, -0.1) is 0 Å². The summed E-state index contributed by atoms with van der Waals surface area (Å²) < 4.78 is 0. The van der Waals surface area contributed by atoms with E-state index in [1.165, 1.54) is 13.0 Å². The molecule has 2 rings (SSSR count). The van der Waals surface area contributed by atoms with Gasteiger partial charge in [-0.25, -0.2) is 9.59 Å². The lowest BCUT2D eigenvalue weighted by atomic mass is 9.92. The Morgan fingerprint density at radius 3 is 1.90 bits per heavy atom. The maximum absolute atomic E-state index is 12.4. The van der Waals surface area contributed by atoms with E-state index in [1.807, 2.05) is 0 Å². The lowest BCUT2D eigenvalue weighted by molar-refractivity contribution is 0.0650. The summed E-state index contributed by atoms with van der Waals surface area (Å²) in [6.07, 6.45) is 0. The Morgan fingerprint density at radius 1 is 0.810 bits per heavy atom. The number of aromatic carboxylic acids is 2. The van der Waals surface area contributed by atoms with Gasteiger partial charge in [0.05, 0.1) is 11.1 Å². The van der Waals surface area contributed by atoms with Crippen LogP contribution in [0.2, 0.25) is 0 Å². The molecule has 106 valence electrons. The first kappa shape index (κ1) is 14.5. The van der Waals surface area contributed by atoms with Gasteiger partial charge in [-0.3, -0.25) is 4.79 Å². The standard InChI is InChI=1S/C16H12O5/c1-9-11(14(17)10-5-3-2-4-6-10)7-8-12(15(18)19)13(9)16(20)21/h2-8H,1H3,(H,18,19)(H,20,21). The molecule has 0 aliphatic heterocycles. The highest BCUT2D eigenvalue weighted by atomic mass is 16.4. The third-order valence-electron chi connectivity index (χ3n) is 3.19. The number of carboxylic acid groups (broad SMARTS) is 2. The summed E-state index contributed by atoms with van der Waals surface area (Å²) in [5, 5.41) is 18.2. The maximum atomic E-state index is 12.4. The van der Waals surface area contributed by atoms with Crippen molar-refractivity contribution in [3.05, 3.63) is 70.3 Å². The van der Waals surface area contributed by atoms with Crippen LogP contribution < -0.4 is 0 Å². The van der Waals surface area contributed by atoms with Crippen molar-refractivity contribution in [3.8, 4) is 0 Å². The van der Waals surface area contributed by atoms with Gasteiger partial charge < -0.3 is 10.2 Å². The molecule has 5 nitrogen and oxygen atoms in total. The molecule has 0 amide bonds. The zero-order chi connectivity index (χ0) is 15.6. The van der Waals surface area contributed by atoms with Crippen LogP contribution in [0.15, 0.2) is 42.5 Å². The molecule has 0 atom stereocenters. The normalized spacial score (nSPS) is 10.1. The molecule has 0 heterocycles. The molecule has 2 aromatic rings. The van der Waals surface area contributed by atoms with Gasteiger partial charge in [0, 0.05) is 11.1 Å². The summed E-state index contributed by atoms with van der Waals surface area (Å²) in [6.45, 7) is 1.44. The monoisotopic (exact) mass is 284 g/mol. The predicted molar refractivity (Wildman–Crippen MR) is 75.0 cm³/mol. The quantitative estimate of drug-likeness (QED) is 0.842. The van der Waals surface area contributed by atoms with Gasteiger partial charge in [0.1, 0.15) is 0 Å². The topological polar surface area (TPSA) is 91.7 Å². The molecule has 0 radical (unpaired) electrons. The van der Waals surface area contributed by atoms with Gasteiger partial charge in [0.15, 0.2) is 5.78 Å². The van der Waals surface area contributed by atoms with Crippen LogP contribution >= 0.6 is 0 Å². The van der Waals surface area contributed by atoms with Crippen molar-refractivity contribution in [2.24, 2.45) is 0 Å². The molecule has 2 aromatic carbocycles. The van der Waals surface area contributed by atoms with Crippen molar-refractivity contribution in [2.45, 2.75) is 6.92 Å². The van der Waals surface area contributed by atoms with Crippen LogP contribution in [0.4, 0.5) is 0 Å². The number of hydrogen-bond acceptors (Lipinski definition) is 3. The molecule has 0 aliphatic rings. The van der Waals surface area contributed by atoms with E-state index in [0.717, 1.165) is 6.07 Å². The third kappa shape index (κ3) is 2.67. The zero-order valence-corrected chi connectivity index (χ0v) is 11.2. The predicted octanol–water partition coefficient (Wildman–Crippen LogP) is 2.62. The molecule has 0 saturated carbocycles. The number of carboxylic acids is 2. The first-order valence-electron chi connectivity index (χ1n) is 6.13. The Balaban J connectivity index is 2.62. The van der Waals surface area contributed by atoms with Gasteiger partial charge in [-0.05, 0) is 24.6 Å². The Morgan fingerprint density at radius 2 is 1.38 bits per heavy atom. The van der Waals surface area contributed by atoms with E-state index in [2.05, 4.69) is 0 Å². The van der Waals surface area contributed by atoms with Crippen LogP contribution in [-0.4, -0.2) is 27.9 Å². The smallest absolute Gasteiger partial charge is 0.336 e. The Bertz CT molecular complexity index is 732. The number of carbonyl (C=O) groups is 3. The highest BCUT2D eigenvalue weighted by Gasteiger charge is 2.23. The fourth-order valence-electron chi connectivity index (χ4n) is 2.16. The van der Waals surface area contributed by atoms with Crippen LogP contribution in [0.1, 0.15) is 42.2 Å². The fraction of sp³-hybridized carbons (Fsp3) is 0.0625. The molecule has 0 fully saturated rings. The zero-order valence-electron chi connectivity index (χ0n) is 11.2. The van der Waals surface area contributed by atoms with Crippen molar-refractivity contribution >= 4 is 17.7 Å². The number of rotatable bonds is 4. The van der Waals surface area contributed by atoms with Crippen molar-refractivity contribution in [2.75, 3.05) is 0 Å². The van der Waals surface area contributed by atoms with Gasteiger partial charge in [0.2, 0.25) is 0 Å². The van der Waals surface area contributed by atoms with E-state index < -0.39 is 11.9 Å². The third-order valence-corrected chi connectivity index (χ3v) is 3.19. The molecule has 0 saturated heterocycles. The second-order valence-corrected chi connectivity index (χ2v) is 4.47. The lowest BCUT2D eigenvalue weighted by Gasteiger charge is -2.10. The van der Waals surface area contributed by atoms with Crippen molar-refractivity contribution < 1.29 is 24.6 Å². The van der Waals surface area contributed by atoms with Crippen LogP contribution in [0.3, 0.4) is 0 Å². The van der Waals surface area contributed by atoms with E-state index in [0.29, 0.717) is 5.56 Å². The van der Waals surface area contributed by atoms with Crippen LogP contribution in [-0.2, 0) is 0 Å². The Labute approximate surface area is 120 Å². The summed E-state index contributed by atoms with van der Waals surface area (Å²) in [6, 6.07) is 10.9. The molecule has 0 aromatic heterocycles. The molecule has 0 spiro atoms. The second-order valence-electron chi connectivity index (χ2n) is 4.47. The fourth-order valence-corrected chi connectivity index (χ4v) is 2.16. The summed E-state index contributed by atoms with van der Waals surface area (Å²) in [7, 11) is 0. The van der Waals surface area contributed by atoms with E-state index in [-0.39, 0.29) is 28.0 Å². The molecule has 21 heavy (non-hydrogen) atoms. The highest BCUT2D eigenvalue weighted by molar-refractivity contribution is 6.13. The number of benzene rings is 2. The number of ketones is 1. The van der Waals surface area contributed by atoms with Crippen LogP contribution in [0.25, 0.3) is 0 Å². The van der Waals surface area contributed by atoms with E-state index >= 15 is 0 Å². The summed E-state index contributed by atoms with van der Waals surface area (Å²) in [5.74, 6) is -3.05. The van der Waals surface area contributed by atoms with Gasteiger partial charge in [0.25, 0.3) is 0 Å². The van der Waals surface area contributed by atoms with E-state index in [4.69, 9.17) is 5.11 Å². The average Bonchev–Trinajstić information content (AvgIpc) is 2.46. The lowest BCUT2D eigenvalue weighted by Crippen LogP contribution is -2.14. The summed E-state index contributed by atoms with van der Waals surface area (Å²) in [5.41, 5.74) is 0.0637. The maximum Gasteiger partial charge on any atom is 0.336 e. The van der Waals surface area contributed by atoms with Gasteiger partial charge >= 0.3 is 11.9 Å². The van der Waals surface area contributed by atoms with Gasteiger partial charge in [-0.2, -0.15) is 0 Å². The molecule has 0 aliphatic carbocycles. The van der Waals surface area contributed by atoms with Crippen molar-refractivity contribution in [1.29, 1.82) is 0 Å². The Hall–Kier alpha value is -2.95. The molecule has 0 bridgehead atoms. The number of carbonyl (C=O) groups excluding carboxylic acids is 1. The SMILES string of the molecule is Cc1c(C(=O)c2ccccc2)ccc(C(=O)O)c1C(=O)O. The summed E-state index contributed by atoms with van der Waals surface area (Å²) in [4.78, 5) is 34.7. The minimum atomic E-state index is -1.37. The second kappa shape index (κ2) is 5.58. The molecule has 0 unspecified atom stereocenters. The Kier molecular flexibility index (Phi) is 3.84. The van der Waals surface area contributed by atoms with Crippen LogP contribution in [0, 0.1) is 6.92 Å². The van der Waals surface area contributed by atoms with Crippen LogP contribution in [0.5, 0.6) is 0 Å². The van der Waals surface area contributed by atoms with E-state index in [1.54, 1.807) is 30.3 Å². The first-order valence-corrected chi connectivity index (χ1v) is 6.13. The molecule has 2 N–H and O–H groups in total.